The number of carbonyl (C=O) groups excluding carboxylic acids is 1. The molecule has 1 aliphatic heterocycles. The molecule has 0 amide bonds. The summed E-state index contributed by atoms with van der Waals surface area (Å²) < 4.78 is 5.82. The highest BCUT2D eigenvalue weighted by molar-refractivity contribution is 5.49. The maximum absolute atomic E-state index is 10.3. The monoisotopic (exact) mass is 182 g/mol. The predicted octanol–water partition coefficient (Wildman–Crippen LogP) is 2.31. The van der Waals surface area contributed by atoms with E-state index < -0.39 is 0 Å². The molecule has 0 N–H and O–H groups in total. The molecule has 1 atom stereocenters. The first-order chi connectivity index (χ1) is 6.35. The van der Waals surface area contributed by atoms with Crippen LogP contribution in [0, 0.1) is 5.92 Å². The average molecular weight is 182 g/mol. The summed E-state index contributed by atoms with van der Waals surface area (Å²) in [5, 5.41) is 0. The van der Waals surface area contributed by atoms with Crippen molar-refractivity contribution in [2.75, 3.05) is 6.61 Å². The zero-order valence-corrected chi connectivity index (χ0v) is 8.13. The number of rotatable bonds is 3. The maximum Gasteiger partial charge on any atom is 0.120 e. The van der Waals surface area contributed by atoms with Crippen LogP contribution >= 0.6 is 0 Å². The molecule has 2 nitrogen and oxygen atoms in total. The minimum absolute atomic E-state index is 0.256. The largest absolute Gasteiger partial charge is 0.375 e. The maximum atomic E-state index is 10.3. The lowest BCUT2D eigenvalue weighted by Crippen LogP contribution is -2.45. The van der Waals surface area contributed by atoms with Gasteiger partial charge in [-0.1, -0.05) is 0 Å². The molecule has 2 heteroatoms. The van der Waals surface area contributed by atoms with Gasteiger partial charge in [0.05, 0.1) is 5.60 Å². The summed E-state index contributed by atoms with van der Waals surface area (Å²) in [5.74, 6) is 0.749. The van der Waals surface area contributed by atoms with Crippen LogP contribution in [-0.4, -0.2) is 18.5 Å². The van der Waals surface area contributed by atoms with E-state index in [1.54, 1.807) is 0 Å². The van der Waals surface area contributed by atoms with E-state index in [0.717, 1.165) is 38.1 Å². The molecule has 1 saturated carbocycles. The molecule has 1 spiro atoms. The molecule has 1 aliphatic carbocycles. The van der Waals surface area contributed by atoms with Crippen LogP contribution < -0.4 is 0 Å². The summed E-state index contributed by atoms with van der Waals surface area (Å²) in [7, 11) is 0. The molecule has 1 heterocycles. The molecule has 2 rings (SSSR count). The van der Waals surface area contributed by atoms with Crippen molar-refractivity contribution in [3.63, 3.8) is 0 Å². The van der Waals surface area contributed by atoms with Crippen LogP contribution in [0.15, 0.2) is 0 Å². The predicted molar refractivity (Wildman–Crippen MR) is 50.6 cm³/mol. The minimum Gasteiger partial charge on any atom is -0.375 e. The van der Waals surface area contributed by atoms with Gasteiger partial charge in [-0.2, -0.15) is 0 Å². The van der Waals surface area contributed by atoms with Crippen molar-refractivity contribution in [1.82, 2.24) is 0 Å². The lowest BCUT2D eigenvalue weighted by atomic mass is 9.71. The molecular weight excluding hydrogens is 164 g/mol. The van der Waals surface area contributed by atoms with Crippen molar-refractivity contribution in [3.8, 4) is 0 Å². The minimum atomic E-state index is 0.256. The standard InChI is InChI=1S/C11H18O2/c12-7-1-3-10-4-8-13-11(9-10)5-2-6-11/h7,10H,1-6,8-9H2. The molecule has 2 fully saturated rings. The smallest absolute Gasteiger partial charge is 0.120 e. The van der Waals surface area contributed by atoms with Gasteiger partial charge >= 0.3 is 0 Å². The summed E-state index contributed by atoms with van der Waals surface area (Å²) in [6, 6.07) is 0. The highest BCUT2D eigenvalue weighted by Gasteiger charge is 2.42. The first-order valence-electron chi connectivity index (χ1n) is 5.42. The number of ether oxygens (including phenoxy) is 1. The molecule has 0 radical (unpaired) electrons. The van der Waals surface area contributed by atoms with Gasteiger partial charge < -0.3 is 9.53 Å². The molecule has 74 valence electrons. The zero-order chi connectivity index (χ0) is 9.15. The van der Waals surface area contributed by atoms with Crippen molar-refractivity contribution < 1.29 is 9.53 Å². The molecule has 0 aromatic carbocycles. The molecule has 0 bridgehead atoms. The Morgan fingerprint density at radius 1 is 1.46 bits per heavy atom. The van der Waals surface area contributed by atoms with Gasteiger partial charge in [-0.15, -0.1) is 0 Å². The Bertz CT molecular complexity index is 185. The molecule has 0 aromatic rings. The molecule has 1 unspecified atom stereocenters. The van der Waals surface area contributed by atoms with Crippen LogP contribution in [0.4, 0.5) is 0 Å². The Kier molecular flexibility index (Phi) is 2.68. The van der Waals surface area contributed by atoms with E-state index in [4.69, 9.17) is 4.74 Å². The average Bonchev–Trinajstić information content (AvgIpc) is 2.13. The first-order valence-corrected chi connectivity index (χ1v) is 5.42. The third-order valence-electron chi connectivity index (χ3n) is 3.55. The molecule has 2 aliphatic rings. The fourth-order valence-electron chi connectivity index (χ4n) is 2.60. The van der Waals surface area contributed by atoms with Gasteiger partial charge in [0.2, 0.25) is 0 Å². The van der Waals surface area contributed by atoms with Crippen LogP contribution in [-0.2, 0) is 9.53 Å². The van der Waals surface area contributed by atoms with Gasteiger partial charge in [0, 0.05) is 13.0 Å². The van der Waals surface area contributed by atoms with Crippen LogP contribution in [0.1, 0.15) is 44.9 Å². The lowest BCUT2D eigenvalue weighted by Gasteiger charge is -2.47. The van der Waals surface area contributed by atoms with Crippen LogP contribution in [0.3, 0.4) is 0 Å². The summed E-state index contributed by atoms with van der Waals surface area (Å²) in [4.78, 5) is 10.3. The Morgan fingerprint density at radius 3 is 2.92 bits per heavy atom. The van der Waals surface area contributed by atoms with Gasteiger partial charge in [-0.25, -0.2) is 0 Å². The van der Waals surface area contributed by atoms with Gasteiger partial charge in [0.15, 0.2) is 0 Å². The van der Waals surface area contributed by atoms with Crippen molar-refractivity contribution in [2.45, 2.75) is 50.5 Å². The van der Waals surface area contributed by atoms with Crippen molar-refractivity contribution in [3.05, 3.63) is 0 Å². The highest BCUT2D eigenvalue weighted by Crippen LogP contribution is 2.45. The lowest BCUT2D eigenvalue weighted by molar-refractivity contribution is -0.144. The Balaban J connectivity index is 1.81. The molecule has 0 aromatic heterocycles. The number of hydrogen-bond acceptors (Lipinski definition) is 2. The van der Waals surface area contributed by atoms with Gasteiger partial charge in [0.1, 0.15) is 6.29 Å². The summed E-state index contributed by atoms with van der Waals surface area (Å²) in [6.07, 6.45) is 9.07. The topological polar surface area (TPSA) is 26.3 Å². The second-order valence-corrected chi connectivity index (χ2v) is 4.49. The van der Waals surface area contributed by atoms with Gasteiger partial charge in [-0.05, 0) is 44.4 Å². The first kappa shape index (κ1) is 9.20. The fourth-order valence-corrected chi connectivity index (χ4v) is 2.60. The van der Waals surface area contributed by atoms with Crippen molar-refractivity contribution >= 4 is 6.29 Å². The quantitative estimate of drug-likeness (QED) is 0.626. The van der Waals surface area contributed by atoms with E-state index in [0.29, 0.717) is 0 Å². The normalized spacial score (nSPS) is 31.2. The third kappa shape index (κ3) is 1.93. The van der Waals surface area contributed by atoms with Gasteiger partial charge in [0.25, 0.3) is 0 Å². The van der Waals surface area contributed by atoms with E-state index in [1.807, 2.05) is 0 Å². The van der Waals surface area contributed by atoms with Crippen LogP contribution in [0.5, 0.6) is 0 Å². The van der Waals surface area contributed by atoms with Crippen molar-refractivity contribution in [2.24, 2.45) is 5.92 Å². The Morgan fingerprint density at radius 2 is 2.31 bits per heavy atom. The second kappa shape index (κ2) is 3.79. The summed E-state index contributed by atoms with van der Waals surface area (Å²) in [6.45, 7) is 0.920. The number of hydrogen-bond donors (Lipinski definition) is 0. The Labute approximate surface area is 79.7 Å². The fraction of sp³-hybridized carbons (Fsp3) is 0.909. The van der Waals surface area contributed by atoms with E-state index in [1.165, 1.54) is 25.7 Å². The van der Waals surface area contributed by atoms with Crippen LogP contribution in [0.2, 0.25) is 0 Å². The Hall–Kier alpha value is -0.370. The van der Waals surface area contributed by atoms with Crippen molar-refractivity contribution in [1.29, 1.82) is 0 Å². The second-order valence-electron chi connectivity index (χ2n) is 4.49. The number of carbonyl (C=O) groups is 1. The molecular formula is C11H18O2. The molecule has 13 heavy (non-hydrogen) atoms. The number of aldehydes is 1. The highest BCUT2D eigenvalue weighted by atomic mass is 16.5. The SMILES string of the molecule is O=CCCC1CCOC2(CCC2)C1. The van der Waals surface area contributed by atoms with E-state index in [9.17, 15) is 4.79 Å². The van der Waals surface area contributed by atoms with E-state index in [-0.39, 0.29) is 5.60 Å². The zero-order valence-electron chi connectivity index (χ0n) is 8.13. The summed E-state index contributed by atoms with van der Waals surface area (Å²) >= 11 is 0. The third-order valence-corrected chi connectivity index (χ3v) is 3.55. The molecule has 1 saturated heterocycles. The van der Waals surface area contributed by atoms with E-state index >= 15 is 0 Å². The summed E-state index contributed by atoms with van der Waals surface area (Å²) in [5.41, 5.74) is 0.256. The van der Waals surface area contributed by atoms with Crippen LogP contribution in [0.25, 0.3) is 0 Å². The van der Waals surface area contributed by atoms with E-state index in [2.05, 4.69) is 0 Å². The van der Waals surface area contributed by atoms with Gasteiger partial charge in [-0.3, -0.25) is 0 Å².